The quantitative estimate of drug-likeness (QED) is 0.876. The molecule has 0 saturated carbocycles. The molecule has 0 aliphatic heterocycles. The van der Waals surface area contributed by atoms with Crippen LogP contribution < -0.4 is 10.1 Å². The maximum absolute atomic E-state index is 11.5. The van der Waals surface area contributed by atoms with E-state index in [2.05, 4.69) is 5.32 Å². The summed E-state index contributed by atoms with van der Waals surface area (Å²) in [5, 5.41) is 12.4. The summed E-state index contributed by atoms with van der Waals surface area (Å²) in [7, 11) is 1.56. The fourth-order valence-electron chi connectivity index (χ4n) is 1.97. The van der Waals surface area contributed by atoms with Crippen LogP contribution in [0.25, 0.3) is 0 Å². The van der Waals surface area contributed by atoms with Gasteiger partial charge in [-0.3, -0.25) is 0 Å². The molecule has 0 heterocycles. The molecule has 0 bridgehead atoms. The van der Waals surface area contributed by atoms with E-state index in [1.54, 1.807) is 19.2 Å². The monoisotopic (exact) mass is 271 g/mol. The first-order valence-electron chi connectivity index (χ1n) is 6.30. The van der Waals surface area contributed by atoms with Crippen LogP contribution >= 0.6 is 0 Å². The predicted molar refractivity (Wildman–Crippen MR) is 78.2 cm³/mol. The summed E-state index contributed by atoms with van der Waals surface area (Å²) in [6, 6.07) is 13.9. The molecular weight excluding hydrogens is 254 g/mol. The molecule has 4 heteroatoms. The molecule has 0 unspecified atom stereocenters. The molecule has 0 aliphatic rings. The smallest absolute Gasteiger partial charge is 0.330 e. The molecule has 0 radical (unpaired) electrons. The van der Waals surface area contributed by atoms with Crippen LogP contribution in [0.15, 0.2) is 48.5 Å². The predicted octanol–water partition coefficient (Wildman–Crippen LogP) is 3.24. The van der Waals surface area contributed by atoms with E-state index < -0.39 is 12.0 Å². The summed E-state index contributed by atoms with van der Waals surface area (Å²) in [5.41, 5.74) is 2.45. The zero-order chi connectivity index (χ0) is 14.5. The Balaban J connectivity index is 2.30. The summed E-state index contributed by atoms with van der Waals surface area (Å²) in [6.07, 6.45) is 0. The van der Waals surface area contributed by atoms with Crippen molar-refractivity contribution in [3.05, 3.63) is 59.7 Å². The molecule has 0 fully saturated rings. The number of aliphatic carboxylic acids is 1. The number of para-hydroxylation sites is 2. The maximum atomic E-state index is 11.5. The van der Waals surface area contributed by atoms with E-state index in [0.717, 1.165) is 5.56 Å². The number of carbonyl (C=O) groups is 1. The van der Waals surface area contributed by atoms with Crippen LogP contribution in [-0.4, -0.2) is 18.2 Å². The average molecular weight is 271 g/mol. The van der Waals surface area contributed by atoms with Gasteiger partial charge < -0.3 is 15.2 Å². The van der Waals surface area contributed by atoms with Crippen LogP contribution in [0.1, 0.15) is 17.2 Å². The largest absolute Gasteiger partial charge is 0.495 e. The number of ether oxygens (including phenoxy) is 1. The van der Waals surface area contributed by atoms with Gasteiger partial charge in [-0.15, -0.1) is 0 Å². The van der Waals surface area contributed by atoms with E-state index in [1.165, 1.54) is 0 Å². The second kappa shape index (κ2) is 6.10. The van der Waals surface area contributed by atoms with Gasteiger partial charge in [-0.1, -0.05) is 42.0 Å². The minimum Gasteiger partial charge on any atom is -0.495 e. The summed E-state index contributed by atoms with van der Waals surface area (Å²) in [4.78, 5) is 11.5. The minimum absolute atomic E-state index is 0.617. The van der Waals surface area contributed by atoms with Crippen molar-refractivity contribution in [1.82, 2.24) is 0 Å². The van der Waals surface area contributed by atoms with E-state index in [1.807, 2.05) is 43.3 Å². The van der Waals surface area contributed by atoms with Crippen LogP contribution in [-0.2, 0) is 4.79 Å². The Labute approximate surface area is 118 Å². The Morgan fingerprint density at radius 3 is 2.40 bits per heavy atom. The van der Waals surface area contributed by atoms with Gasteiger partial charge in [-0.2, -0.15) is 0 Å². The van der Waals surface area contributed by atoms with Crippen molar-refractivity contribution in [1.29, 1.82) is 0 Å². The standard InChI is InChI=1S/C16H17NO3/c1-11-7-9-12(10-8-11)15(16(18)19)17-13-5-3-4-6-14(13)20-2/h3-10,15,17H,1-2H3,(H,18,19)/t15-/m1/s1. The van der Waals surface area contributed by atoms with Crippen molar-refractivity contribution in [2.75, 3.05) is 12.4 Å². The van der Waals surface area contributed by atoms with Gasteiger partial charge in [0.2, 0.25) is 0 Å². The van der Waals surface area contributed by atoms with Crippen molar-refractivity contribution in [3.8, 4) is 5.75 Å². The summed E-state index contributed by atoms with van der Waals surface area (Å²) in [5.74, 6) is -0.314. The van der Waals surface area contributed by atoms with Gasteiger partial charge in [0, 0.05) is 0 Å². The second-order valence-electron chi connectivity index (χ2n) is 4.53. The van der Waals surface area contributed by atoms with Gasteiger partial charge >= 0.3 is 5.97 Å². The zero-order valence-corrected chi connectivity index (χ0v) is 11.5. The Kier molecular flexibility index (Phi) is 4.25. The minimum atomic E-state index is -0.931. The molecular formula is C16H17NO3. The third-order valence-electron chi connectivity index (χ3n) is 3.06. The third kappa shape index (κ3) is 3.09. The molecule has 0 amide bonds. The molecule has 0 spiro atoms. The molecule has 2 N–H and O–H groups in total. The summed E-state index contributed by atoms with van der Waals surface area (Å²) < 4.78 is 5.23. The summed E-state index contributed by atoms with van der Waals surface area (Å²) >= 11 is 0. The molecule has 0 aromatic heterocycles. The Morgan fingerprint density at radius 2 is 1.80 bits per heavy atom. The molecule has 2 aromatic carbocycles. The highest BCUT2D eigenvalue weighted by molar-refractivity contribution is 5.80. The first kappa shape index (κ1) is 13.9. The van der Waals surface area contributed by atoms with Crippen LogP contribution in [0, 0.1) is 6.92 Å². The number of hydrogen-bond acceptors (Lipinski definition) is 3. The van der Waals surface area contributed by atoms with E-state index in [0.29, 0.717) is 17.0 Å². The van der Waals surface area contributed by atoms with Gasteiger partial charge in [-0.25, -0.2) is 4.79 Å². The molecule has 0 aliphatic carbocycles. The fraction of sp³-hybridized carbons (Fsp3) is 0.188. The molecule has 20 heavy (non-hydrogen) atoms. The molecule has 1 atom stereocenters. The fourth-order valence-corrected chi connectivity index (χ4v) is 1.97. The Hall–Kier alpha value is -2.49. The van der Waals surface area contributed by atoms with Crippen LogP contribution in [0.4, 0.5) is 5.69 Å². The average Bonchev–Trinajstić information content (AvgIpc) is 2.46. The first-order chi connectivity index (χ1) is 9.61. The van der Waals surface area contributed by atoms with E-state index >= 15 is 0 Å². The van der Waals surface area contributed by atoms with E-state index in [9.17, 15) is 9.90 Å². The number of hydrogen-bond donors (Lipinski definition) is 2. The van der Waals surface area contributed by atoms with Crippen molar-refractivity contribution in [3.63, 3.8) is 0 Å². The number of rotatable bonds is 5. The second-order valence-corrected chi connectivity index (χ2v) is 4.53. The lowest BCUT2D eigenvalue weighted by atomic mass is 10.0. The van der Waals surface area contributed by atoms with Gasteiger partial charge in [0.25, 0.3) is 0 Å². The highest BCUT2D eigenvalue weighted by Gasteiger charge is 2.20. The molecule has 104 valence electrons. The van der Waals surface area contributed by atoms with E-state index in [-0.39, 0.29) is 0 Å². The Morgan fingerprint density at radius 1 is 1.15 bits per heavy atom. The third-order valence-corrected chi connectivity index (χ3v) is 3.06. The van der Waals surface area contributed by atoms with Crippen LogP contribution in [0.2, 0.25) is 0 Å². The SMILES string of the molecule is COc1ccccc1N[C@@H](C(=O)O)c1ccc(C)cc1. The van der Waals surface area contributed by atoms with Gasteiger partial charge in [-0.05, 0) is 24.6 Å². The molecule has 0 saturated heterocycles. The first-order valence-corrected chi connectivity index (χ1v) is 6.30. The van der Waals surface area contributed by atoms with Crippen LogP contribution in [0.3, 0.4) is 0 Å². The van der Waals surface area contributed by atoms with Crippen LogP contribution in [0.5, 0.6) is 5.75 Å². The number of aryl methyl sites for hydroxylation is 1. The lowest BCUT2D eigenvalue weighted by Crippen LogP contribution is -2.20. The van der Waals surface area contributed by atoms with Crippen molar-refractivity contribution in [2.24, 2.45) is 0 Å². The molecule has 4 nitrogen and oxygen atoms in total. The normalized spacial score (nSPS) is 11.7. The van der Waals surface area contributed by atoms with Crippen molar-refractivity contribution >= 4 is 11.7 Å². The maximum Gasteiger partial charge on any atom is 0.330 e. The zero-order valence-electron chi connectivity index (χ0n) is 11.5. The highest BCUT2D eigenvalue weighted by atomic mass is 16.5. The summed E-state index contributed by atoms with van der Waals surface area (Å²) in [6.45, 7) is 1.97. The number of benzene rings is 2. The number of anilines is 1. The van der Waals surface area contributed by atoms with Gasteiger partial charge in [0.1, 0.15) is 5.75 Å². The number of carboxylic acids is 1. The highest BCUT2D eigenvalue weighted by Crippen LogP contribution is 2.28. The molecule has 2 aromatic rings. The lowest BCUT2D eigenvalue weighted by Gasteiger charge is -2.18. The molecule has 2 rings (SSSR count). The van der Waals surface area contributed by atoms with E-state index in [4.69, 9.17) is 4.74 Å². The number of nitrogens with one attached hydrogen (secondary N) is 1. The number of methoxy groups -OCH3 is 1. The Bertz CT molecular complexity index is 593. The van der Waals surface area contributed by atoms with Crippen molar-refractivity contribution < 1.29 is 14.6 Å². The van der Waals surface area contributed by atoms with Gasteiger partial charge in [0.05, 0.1) is 12.8 Å². The number of carboxylic acid groups (broad SMARTS) is 1. The lowest BCUT2D eigenvalue weighted by molar-refractivity contribution is -0.138. The topological polar surface area (TPSA) is 58.6 Å². The van der Waals surface area contributed by atoms with Gasteiger partial charge in [0.15, 0.2) is 6.04 Å². The van der Waals surface area contributed by atoms with Crippen molar-refractivity contribution in [2.45, 2.75) is 13.0 Å².